The number of hydrogen-bond acceptors (Lipinski definition) is 2. The zero-order valence-corrected chi connectivity index (χ0v) is 12.6. The molecule has 1 atom stereocenters. The molecule has 0 saturated heterocycles. The number of thiocyanates is 1. The van der Waals surface area contributed by atoms with Crippen LogP contribution in [0.3, 0.4) is 0 Å². The van der Waals surface area contributed by atoms with Gasteiger partial charge in [0.25, 0.3) is 0 Å². The van der Waals surface area contributed by atoms with E-state index >= 15 is 0 Å². The minimum Gasteiger partial charge on any atom is -0.213 e. The molecule has 0 spiro atoms. The molecule has 0 fully saturated rings. The summed E-state index contributed by atoms with van der Waals surface area (Å²) in [5.74, 6) is -41.9. The molecule has 0 aliphatic rings. The van der Waals surface area contributed by atoms with Crippen molar-refractivity contribution in [3.63, 3.8) is 0 Å². The summed E-state index contributed by atoms with van der Waals surface area (Å²) >= 11 is -2.54. The molecule has 0 saturated carbocycles. The molecule has 0 heterocycles. The van der Waals surface area contributed by atoms with Gasteiger partial charge < -0.3 is 0 Å². The Morgan fingerprint density at radius 1 is 0.429 bits per heavy atom. The van der Waals surface area contributed by atoms with Crippen molar-refractivity contribution in [2.75, 3.05) is 0 Å². The molecule has 1 nitrogen and oxygen atoms in total. The Bertz CT molecular complexity index is 624. The molecule has 0 aromatic carbocycles. The Morgan fingerprint density at radius 2 is 0.714 bits per heavy atom. The largest absolute Gasteiger partial charge is 0.460 e. The van der Waals surface area contributed by atoms with Gasteiger partial charge in [-0.2, -0.15) is 75.5 Å². The lowest BCUT2D eigenvalue weighted by atomic mass is 9.91. The van der Waals surface area contributed by atoms with Gasteiger partial charge in [0, 0.05) is 11.8 Å². The van der Waals surface area contributed by atoms with Crippen molar-refractivity contribution in [2.24, 2.45) is 0 Å². The molecule has 0 rings (SSSR count). The highest BCUT2D eigenvalue weighted by molar-refractivity contribution is 8.05. The Hall–Kier alpha value is -1.35. The maximum Gasteiger partial charge on any atom is 0.460 e. The summed E-state index contributed by atoms with van der Waals surface area (Å²) in [4.78, 5) is 0. The summed E-state index contributed by atoms with van der Waals surface area (Å²) in [5.41, 5.74) is 0. The van der Waals surface area contributed by atoms with Gasteiger partial charge in [0.1, 0.15) is 5.40 Å². The lowest BCUT2D eigenvalue weighted by molar-refractivity contribution is -0.450. The molecule has 0 aromatic rings. The molecule has 0 aromatic heterocycles. The fourth-order valence-corrected chi connectivity index (χ4v) is 1.83. The summed E-state index contributed by atoms with van der Waals surface area (Å²) in [7, 11) is 0. The first-order valence-electron chi connectivity index (χ1n) is 5.59. The highest BCUT2D eigenvalue weighted by atomic mass is 32.2. The molecule has 28 heavy (non-hydrogen) atoms. The maximum atomic E-state index is 13.4. The Kier molecular flexibility index (Phi) is 6.27. The second-order valence-electron chi connectivity index (χ2n) is 4.66. The SMILES string of the molecule is N#CSC(F)(C(F)(F)F)C(F)(F)C(F)(F)C(F)(F)C(F)(F)C(F)(F)C(F)(F)F. The van der Waals surface area contributed by atoms with E-state index in [1.807, 2.05) is 0 Å². The van der Waals surface area contributed by atoms with Crippen molar-refractivity contribution < 1.29 is 74.6 Å². The van der Waals surface area contributed by atoms with Gasteiger partial charge in [-0.05, 0) is 0 Å². The van der Waals surface area contributed by atoms with Crippen molar-refractivity contribution in [1.29, 1.82) is 5.26 Å². The van der Waals surface area contributed by atoms with E-state index in [-0.39, 0.29) is 5.40 Å². The first-order valence-corrected chi connectivity index (χ1v) is 6.41. The van der Waals surface area contributed by atoms with Crippen LogP contribution in [0.25, 0.3) is 0 Å². The quantitative estimate of drug-likeness (QED) is 0.338. The van der Waals surface area contributed by atoms with Crippen molar-refractivity contribution in [1.82, 2.24) is 0 Å². The minimum atomic E-state index is -8.61. The maximum absolute atomic E-state index is 13.4. The van der Waals surface area contributed by atoms with E-state index < -0.39 is 58.7 Å². The third-order valence-corrected chi connectivity index (χ3v) is 3.75. The van der Waals surface area contributed by atoms with E-state index in [0.29, 0.717) is 0 Å². The van der Waals surface area contributed by atoms with E-state index in [1.54, 1.807) is 0 Å². The van der Waals surface area contributed by atoms with Crippen molar-refractivity contribution >= 4 is 11.8 Å². The fourth-order valence-electron chi connectivity index (χ4n) is 1.33. The van der Waals surface area contributed by atoms with Crippen LogP contribution in [0.1, 0.15) is 0 Å². The summed E-state index contributed by atoms with van der Waals surface area (Å²) in [6, 6.07) is 0. The van der Waals surface area contributed by atoms with Gasteiger partial charge in [0.2, 0.25) is 0 Å². The molecule has 0 aliphatic heterocycles. The molecular weight excluding hydrogens is 477 g/mol. The number of alkyl halides is 17. The van der Waals surface area contributed by atoms with Crippen LogP contribution in [-0.2, 0) is 0 Å². The Morgan fingerprint density at radius 3 is 0.964 bits per heavy atom. The smallest absolute Gasteiger partial charge is 0.213 e. The molecule has 0 aliphatic carbocycles. The molecule has 0 N–H and O–H groups in total. The minimum absolute atomic E-state index is 0.214. The predicted molar refractivity (Wildman–Crippen MR) is 53.9 cm³/mol. The second-order valence-corrected chi connectivity index (χ2v) is 5.61. The molecular formula is C9F17NS. The Labute approximate surface area is 145 Å². The van der Waals surface area contributed by atoms with Gasteiger partial charge in [0.15, 0.2) is 0 Å². The predicted octanol–water partition coefficient (Wildman–Crippen LogP) is 6.17. The lowest BCUT2D eigenvalue weighted by Gasteiger charge is -2.43. The molecule has 0 radical (unpaired) electrons. The number of nitriles is 1. The van der Waals surface area contributed by atoms with E-state index in [0.717, 1.165) is 0 Å². The van der Waals surface area contributed by atoms with Gasteiger partial charge in [-0.1, -0.05) is 0 Å². The van der Waals surface area contributed by atoms with Gasteiger partial charge in [-0.15, -0.1) is 0 Å². The summed E-state index contributed by atoms with van der Waals surface area (Å²) in [6.45, 7) is 0. The highest BCUT2D eigenvalue weighted by Gasteiger charge is 2.95. The van der Waals surface area contributed by atoms with Crippen LogP contribution in [0.4, 0.5) is 74.6 Å². The molecule has 0 bridgehead atoms. The number of rotatable bonds is 6. The first kappa shape index (κ1) is 26.6. The van der Waals surface area contributed by atoms with Crippen molar-refractivity contribution in [3.05, 3.63) is 0 Å². The van der Waals surface area contributed by atoms with Gasteiger partial charge in [0.05, 0.1) is 0 Å². The van der Waals surface area contributed by atoms with Crippen LogP contribution in [0.15, 0.2) is 0 Å². The topological polar surface area (TPSA) is 23.8 Å². The van der Waals surface area contributed by atoms with Gasteiger partial charge in [-0.3, -0.25) is 0 Å². The zero-order valence-electron chi connectivity index (χ0n) is 11.8. The summed E-state index contributed by atoms with van der Waals surface area (Å²) in [6.07, 6.45) is -15.2. The van der Waals surface area contributed by atoms with Crippen LogP contribution in [-0.4, -0.2) is 47.0 Å². The number of nitrogens with zero attached hydrogens (tertiary/aromatic N) is 1. The van der Waals surface area contributed by atoms with Crippen LogP contribution < -0.4 is 0 Å². The van der Waals surface area contributed by atoms with Crippen LogP contribution in [0, 0.1) is 10.7 Å². The molecule has 166 valence electrons. The van der Waals surface area contributed by atoms with E-state index in [4.69, 9.17) is 5.26 Å². The lowest BCUT2D eigenvalue weighted by Crippen LogP contribution is -2.74. The normalized spacial score (nSPS) is 17.9. The highest BCUT2D eigenvalue weighted by Crippen LogP contribution is 2.65. The monoisotopic (exact) mass is 477 g/mol. The van der Waals surface area contributed by atoms with Crippen molar-refractivity contribution in [2.45, 2.75) is 47.0 Å². The molecule has 0 amide bonds. The molecule has 1 unspecified atom stereocenters. The van der Waals surface area contributed by atoms with Gasteiger partial charge in [-0.25, -0.2) is 4.39 Å². The number of halogens is 17. The average Bonchev–Trinajstić information content (AvgIpc) is 2.43. The second kappa shape index (κ2) is 6.58. The third-order valence-electron chi connectivity index (χ3n) is 2.89. The van der Waals surface area contributed by atoms with Gasteiger partial charge >= 0.3 is 47.0 Å². The number of thioether (sulfide) groups is 1. The molecule has 19 heteroatoms. The number of hydrogen-bond donors (Lipinski definition) is 0. The standard InChI is InChI=1S/C9F17NS/c10-2(11,4(14,15)6(18,19)8(21,22)23)3(12,13)5(16,17)7(20,28-1-27)9(24,25)26. The summed E-state index contributed by atoms with van der Waals surface area (Å²) in [5, 5.41) is 0.449. The van der Waals surface area contributed by atoms with Crippen LogP contribution >= 0.6 is 11.8 Å². The average molecular weight is 477 g/mol. The third kappa shape index (κ3) is 3.20. The van der Waals surface area contributed by atoms with Crippen molar-refractivity contribution in [3.8, 4) is 5.40 Å². The first-order chi connectivity index (χ1) is 11.8. The fraction of sp³-hybridized carbons (Fsp3) is 0.889. The summed E-state index contributed by atoms with van der Waals surface area (Å²) < 4.78 is 216. The Balaban J connectivity index is 6.83. The van der Waals surface area contributed by atoms with E-state index in [2.05, 4.69) is 0 Å². The van der Waals surface area contributed by atoms with Crippen LogP contribution in [0.2, 0.25) is 0 Å². The van der Waals surface area contributed by atoms with E-state index in [9.17, 15) is 74.6 Å². The van der Waals surface area contributed by atoms with Crippen LogP contribution in [0.5, 0.6) is 0 Å². The van der Waals surface area contributed by atoms with E-state index in [1.165, 1.54) is 0 Å². The zero-order chi connectivity index (χ0) is 23.4.